The predicted octanol–water partition coefficient (Wildman–Crippen LogP) is 0.780. The molecule has 0 aliphatic heterocycles. The normalized spacial score (nSPS) is 14.5. The van der Waals surface area contributed by atoms with Crippen LogP contribution < -0.4 is 22.3 Å². The fourth-order valence-electron chi connectivity index (χ4n) is 2.93. The van der Waals surface area contributed by atoms with Gasteiger partial charge in [0.25, 0.3) is 5.56 Å². The Morgan fingerprint density at radius 3 is 2.72 bits per heavy atom. The van der Waals surface area contributed by atoms with Crippen molar-refractivity contribution in [2.24, 2.45) is 5.73 Å². The van der Waals surface area contributed by atoms with Crippen LogP contribution in [0.25, 0.3) is 10.2 Å². The van der Waals surface area contributed by atoms with E-state index in [1.54, 1.807) is 4.57 Å². The zero-order chi connectivity index (χ0) is 18.0. The van der Waals surface area contributed by atoms with Crippen LogP contribution in [0.2, 0.25) is 0 Å². The molecule has 0 atom stereocenters. The number of fused-ring (bicyclic) bond motifs is 1. The van der Waals surface area contributed by atoms with Crippen LogP contribution in [0.5, 0.6) is 0 Å². The van der Waals surface area contributed by atoms with E-state index in [9.17, 15) is 9.59 Å². The summed E-state index contributed by atoms with van der Waals surface area (Å²) < 4.78 is 8.73. The highest BCUT2D eigenvalue weighted by atomic mass is 32.1. The summed E-state index contributed by atoms with van der Waals surface area (Å²) in [6, 6.07) is 0. The largest absolute Gasteiger partial charge is 0.376 e. The standard InChI is InChI=1S/C17H26N4O3S/c1-3-20-15(22)14-11(2)13(10-19-7-6-18)25-16(14)21(17(20)23)8-9-24-12-4-5-12/h12,19H,3-10,18H2,1-2H3. The molecule has 8 heteroatoms. The van der Waals surface area contributed by atoms with Gasteiger partial charge in [0.1, 0.15) is 4.83 Å². The van der Waals surface area contributed by atoms with Crippen molar-refractivity contribution < 1.29 is 4.74 Å². The number of nitrogens with two attached hydrogens (primary N) is 1. The van der Waals surface area contributed by atoms with Gasteiger partial charge in [-0.3, -0.25) is 13.9 Å². The predicted molar refractivity (Wildman–Crippen MR) is 100 cm³/mol. The van der Waals surface area contributed by atoms with Crippen LogP contribution in [0.1, 0.15) is 30.2 Å². The molecule has 1 aliphatic carbocycles. The van der Waals surface area contributed by atoms with Crippen molar-refractivity contribution in [1.29, 1.82) is 0 Å². The van der Waals surface area contributed by atoms with Gasteiger partial charge in [-0.05, 0) is 32.3 Å². The topological polar surface area (TPSA) is 91.3 Å². The van der Waals surface area contributed by atoms with Crippen molar-refractivity contribution >= 4 is 21.6 Å². The summed E-state index contributed by atoms with van der Waals surface area (Å²) in [6.45, 7) is 7.06. The second kappa shape index (κ2) is 7.82. The van der Waals surface area contributed by atoms with Crippen molar-refractivity contribution in [3.63, 3.8) is 0 Å². The number of nitrogens with zero attached hydrogens (tertiary/aromatic N) is 2. The van der Waals surface area contributed by atoms with E-state index in [1.165, 1.54) is 15.9 Å². The number of aryl methyl sites for hydroxylation is 1. The minimum Gasteiger partial charge on any atom is -0.376 e. The van der Waals surface area contributed by atoms with Crippen LogP contribution in [-0.2, 0) is 24.4 Å². The Kier molecular flexibility index (Phi) is 5.73. The van der Waals surface area contributed by atoms with E-state index < -0.39 is 0 Å². The van der Waals surface area contributed by atoms with Crippen molar-refractivity contribution in [2.75, 3.05) is 19.7 Å². The molecule has 0 amide bonds. The molecule has 0 radical (unpaired) electrons. The lowest BCUT2D eigenvalue weighted by molar-refractivity contribution is 0.112. The number of rotatable bonds is 9. The molecule has 1 fully saturated rings. The first-order chi connectivity index (χ1) is 12.1. The molecule has 0 bridgehead atoms. The van der Waals surface area contributed by atoms with E-state index in [1.807, 2.05) is 13.8 Å². The fourth-order valence-corrected chi connectivity index (χ4v) is 4.22. The Bertz CT molecular complexity index is 863. The molecule has 7 nitrogen and oxygen atoms in total. The molecule has 2 aromatic rings. The second-order valence-electron chi connectivity index (χ2n) is 6.35. The highest BCUT2D eigenvalue weighted by Gasteiger charge is 2.23. The van der Waals surface area contributed by atoms with Gasteiger partial charge in [-0.15, -0.1) is 11.3 Å². The number of ether oxygens (including phenoxy) is 1. The molecule has 2 aromatic heterocycles. The van der Waals surface area contributed by atoms with Gasteiger partial charge in [0.15, 0.2) is 0 Å². The molecular weight excluding hydrogens is 340 g/mol. The number of hydrogen-bond donors (Lipinski definition) is 2. The van der Waals surface area contributed by atoms with E-state index in [4.69, 9.17) is 10.5 Å². The quantitative estimate of drug-likeness (QED) is 0.640. The minimum atomic E-state index is -0.248. The zero-order valence-electron chi connectivity index (χ0n) is 14.8. The van der Waals surface area contributed by atoms with Crippen LogP contribution in [0.4, 0.5) is 0 Å². The van der Waals surface area contributed by atoms with Gasteiger partial charge in [-0.25, -0.2) is 4.79 Å². The molecule has 0 unspecified atom stereocenters. The van der Waals surface area contributed by atoms with Crippen LogP contribution in [0, 0.1) is 6.92 Å². The van der Waals surface area contributed by atoms with E-state index in [2.05, 4.69) is 5.32 Å². The number of nitrogens with one attached hydrogen (secondary N) is 1. The monoisotopic (exact) mass is 366 g/mol. The third-order valence-electron chi connectivity index (χ3n) is 4.51. The zero-order valence-corrected chi connectivity index (χ0v) is 15.7. The number of thiophene rings is 1. The van der Waals surface area contributed by atoms with Crippen molar-refractivity contribution in [1.82, 2.24) is 14.5 Å². The van der Waals surface area contributed by atoms with Gasteiger partial charge in [0, 0.05) is 31.1 Å². The molecular formula is C17H26N4O3S. The summed E-state index contributed by atoms with van der Waals surface area (Å²) in [5, 5.41) is 3.92. The third kappa shape index (κ3) is 3.72. The average Bonchev–Trinajstić information content (AvgIpc) is 3.35. The van der Waals surface area contributed by atoms with Crippen LogP contribution >= 0.6 is 11.3 Å². The smallest absolute Gasteiger partial charge is 0.332 e. The highest BCUT2D eigenvalue weighted by Crippen LogP contribution is 2.28. The molecule has 25 heavy (non-hydrogen) atoms. The summed E-state index contributed by atoms with van der Waals surface area (Å²) in [7, 11) is 0. The molecule has 3 rings (SSSR count). The first-order valence-corrected chi connectivity index (χ1v) is 9.68. The lowest BCUT2D eigenvalue weighted by Crippen LogP contribution is -2.40. The van der Waals surface area contributed by atoms with Gasteiger partial charge in [-0.2, -0.15) is 0 Å². The molecule has 2 heterocycles. The SMILES string of the molecule is CCn1c(=O)c2c(C)c(CNCCN)sc2n(CCOC2CC2)c1=O. The van der Waals surface area contributed by atoms with Gasteiger partial charge in [-0.1, -0.05) is 0 Å². The van der Waals surface area contributed by atoms with Crippen molar-refractivity contribution in [3.8, 4) is 0 Å². The Balaban J connectivity index is 2.03. The minimum absolute atomic E-state index is 0.194. The molecule has 1 aliphatic rings. The number of hydrogen-bond acceptors (Lipinski definition) is 6. The summed E-state index contributed by atoms with van der Waals surface area (Å²) in [5.74, 6) is 0. The Labute approximate surface area is 150 Å². The summed E-state index contributed by atoms with van der Waals surface area (Å²) in [4.78, 5) is 27.4. The van der Waals surface area contributed by atoms with Crippen molar-refractivity contribution in [2.45, 2.75) is 52.4 Å². The number of aromatic nitrogens is 2. The van der Waals surface area contributed by atoms with Crippen LogP contribution in [0.3, 0.4) is 0 Å². The van der Waals surface area contributed by atoms with Gasteiger partial charge in [0.05, 0.1) is 24.6 Å². The fraction of sp³-hybridized carbons (Fsp3) is 0.647. The molecule has 0 spiro atoms. The lowest BCUT2D eigenvalue weighted by Gasteiger charge is -2.11. The summed E-state index contributed by atoms with van der Waals surface area (Å²) >= 11 is 1.51. The maximum absolute atomic E-state index is 12.8. The maximum Gasteiger partial charge on any atom is 0.332 e. The lowest BCUT2D eigenvalue weighted by atomic mass is 10.2. The van der Waals surface area contributed by atoms with E-state index >= 15 is 0 Å². The van der Waals surface area contributed by atoms with Crippen LogP contribution in [-0.4, -0.2) is 34.9 Å². The van der Waals surface area contributed by atoms with E-state index in [-0.39, 0.29) is 11.2 Å². The van der Waals surface area contributed by atoms with E-state index in [0.717, 1.165) is 34.7 Å². The Hall–Kier alpha value is -1.48. The third-order valence-corrected chi connectivity index (χ3v) is 5.82. The average molecular weight is 366 g/mol. The second-order valence-corrected chi connectivity index (χ2v) is 7.43. The maximum atomic E-state index is 12.8. The molecule has 1 saturated carbocycles. The van der Waals surface area contributed by atoms with Crippen molar-refractivity contribution in [3.05, 3.63) is 31.3 Å². The Morgan fingerprint density at radius 2 is 2.08 bits per heavy atom. The van der Waals surface area contributed by atoms with Gasteiger partial charge < -0.3 is 15.8 Å². The van der Waals surface area contributed by atoms with Gasteiger partial charge >= 0.3 is 5.69 Å². The summed E-state index contributed by atoms with van der Waals surface area (Å²) in [5.41, 5.74) is 6.03. The first kappa shape index (κ1) is 18.3. The van der Waals surface area contributed by atoms with Gasteiger partial charge in [0.2, 0.25) is 0 Å². The Morgan fingerprint density at radius 1 is 1.32 bits per heavy atom. The molecule has 3 N–H and O–H groups in total. The highest BCUT2D eigenvalue weighted by molar-refractivity contribution is 7.18. The first-order valence-electron chi connectivity index (χ1n) is 8.86. The van der Waals surface area contributed by atoms with E-state index in [0.29, 0.717) is 44.3 Å². The molecule has 138 valence electrons. The van der Waals surface area contributed by atoms with Crippen LogP contribution in [0.15, 0.2) is 9.59 Å². The molecule has 0 aromatic carbocycles. The summed E-state index contributed by atoms with van der Waals surface area (Å²) in [6.07, 6.45) is 2.56. The molecule has 0 saturated heterocycles.